The molecule has 1 saturated heterocycles. The zero-order valence-corrected chi connectivity index (χ0v) is 16.2. The first-order valence-corrected chi connectivity index (χ1v) is 10.3. The maximum Gasteiger partial charge on any atom is 0.255 e. The summed E-state index contributed by atoms with van der Waals surface area (Å²) in [5.74, 6) is 0.352. The molecule has 0 atom stereocenters. The molecule has 0 aromatic heterocycles. The third kappa shape index (κ3) is 4.78. The van der Waals surface area contributed by atoms with Gasteiger partial charge in [-0.2, -0.15) is 4.31 Å². The Morgan fingerprint density at radius 2 is 1.75 bits per heavy atom. The number of hydrogen-bond donors (Lipinski definition) is 1. The van der Waals surface area contributed by atoms with E-state index in [4.69, 9.17) is 9.47 Å². The van der Waals surface area contributed by atoms with Crippen LogP contribution in [-0.2, 0) is 14.8 Å². The zero-order chi connectivity index (χ0) is 20.0. The molecule has 1 aliphatic rings. The molecule has 1 N–H and O–H groups in total. The van der Waals surface area contributed by atoms with Gasteiger partial charge >= 0.3 is 0 Å². The number of nitrogens with zero attached hydrogens (tertiary/aromatic N) is 1. The van der Waals surface area contributed by atoms with Crippen LogP contribution in [0.4, 0.5) is 5.69 Å². The quantitative estimate of drug-likeness (QED) is 0.720. The lowest BCUT2D eigenvalue weighted by atomic mass is 10.2. The maximum absolute atomic E-state index is 12.6. The summed E-state index contributed by atoms with van der Waals surface area (Å²) in [5.41, 5.74) is 0.980. The summed E-state index contributed by atoms with van der Waals surface area (Å²) in [7, 11) is -3.58. The molecule has 2 aromatic rings. The average molecular weight is 402 g/mol. The van der Waals surface area contributed by atoms with Crippen molar-refractivity contribution in [2.24, 2.45) is 0 Å². The first-order valence-electron chi connectivity index (χ1n) is 8.84. The number of amides is 1. The molecule has 1 aliphatic heterocycles. The average Bonchev–Trinajstić information content (AvgIpc) is 2.74. The van der Waals surface area contributed by atoms with E-state index in [0.29, 0.717) is 49.9 Å². The lowest BCUT2D eigenvalue weighted by Gasteiger charge is -2.26. The van der Waals surface area contributed by atoms with Gasteiger partial charge in [0, 0.05) is 24.3 Å². The molecule has 2 aromatic carbocycles. The van der Waals surface area contributed by atoms with Crippen molar-refractivity contribution in [2.45, 2.75) is 4.90 Å². The number of rotatable bonds is 7. The molecule has 3 rings (SSSR count). The highest BCUT2D eigenvalue weighted by Gasteiger charge is 2.26. The van der Waals surface area contributed by atoms with E-state index in [1.165, 1.54) is 28.6 Å². The molecule has 0 radical (unpaired) electrons. The number of nitrogens with one attached hydrogen (secondary N) is 1. The van der Waals surface area contributed by atoms with Crippen LogP contribution in [-0.4, -0.2) is 51.5 Å². The summed E-state index contributed by atoms with van der Waals surface area (Å²) in [5, 5.41) is 2.77. The highest BCUT2D eigenvalue weighted by molar-refractivity contribution is 7.89. The largest absolute Gasteiger partial charge is 0.490 e. The summed E-state index contributed by atoms with van der Waals surface area (Å²) in [6, 6.07) is 12.9. The highest BCUT2D eigenvalue weighted by Crippen LogP contribution is 2.19. The van der Waals surface area contributed by atoms with Crippen LogP contribution < -0.4 is 10.1 Å². The van der Waals surface area contributed by atoms with Crippen molar-refractivity contribution >= 4 is 21.6 Å². The van der Waals surface area contributed by atoms with E-state index >= 15 is 0 Å². The standard InChI is InChI=1S/C20H22N2O5S/c1-2-13-27-18-7-5-17(6-8-18)21-20(23)16-3-9-19(10-4-16)28(24,25)22-11-14-26-15-12-22/h2-10H,1,11-15H2,(H,21,23). The van der Waals surface area contributed by atoms with Crippen LogP contribution in [0.25, 0.3) is 0 Å². The molecule has 8 heteroatoms. The molecule has 0 aliphatic carbocycles. The van der Waals surface area contributed by atoms with E-state index in [1.54, 1.807) is 30.3 Å². The molecule has 1 amide bonds. The number of hydrogen-bond acceptors (Lipinski definition) is 5. The Labute approximate surface area is 164 Å². The van der Waals surface area contributed by atoms with Gasteiger partial charge in [-0.25, -0.2) is 8.42 Å². The third-order valence-electron chi connectivity index (χ3n) is 4.20. The first kappa shape index (κ1) is 20.1. The fourth-order valence-electron chi connectivity index (χ4n) is 2.71. The minimum atomic E-state index is -3.58. The molecule has 1 fully saturated rings. The third-order valence-corrected chi connectivity index (χ3v) is 6.12. The van der Waals surface area contributed by atoms with Gasteiger partial charge in [-0.1, -0.05) is 12.7 Å². The monoisotopic (exact) mass is 402 g/mol. The number of anilines is 1. The number of benzene rings is 2. The lowest BCUT2D eigenvalue weighted by molar-refractivity contribution is 0.0730. The van der Waals surface area contributed by atoms with Crippen LogP contribution in [0.15, 0.2) is 66.1 Å². The second-order valence-corrected chi connectivity index (χ2v) is 8.06. The SMILES string of the molecule is C=CCOc1ccc(NC(=O)c2ccc(S(=O)(=O)N3CCOCC3)cc2)cc1. The van der Waals surface area contributed by atoms with Crippen molar-refractivity contribution in [3.63, 3.8) is 0 Å². The summed E-state index contributed by atoms with van der Waals surface area (Å²) in [4.78, 5) is 12.6. The molecule has 0 unspecified atom stereocenters. The van der Waals surface area contributed by atoms with Crippen molar-refractivity contribution in [3.05, 3.63) is 66.7 Å². The van der Waals surface area contributed by atoms with Crippen molar-refractivity contribution < 1.29 is 22.7 Å². The van der Waals surface area contributed by atoms with Gasteiger partial charge in [0.15, 0.2) is 0 Å². The van der Waals surface area contributed by atoms with Crippen LogP contribution in [0.2, 0.25) is 0 Å². The Kier molecular flexibility index (Phi) is 6.45. The summed E-state index contributed by atoms with van der Waals surface area (Å²) >= 11 is 0. The Morgan fingerprint density at radius 3 is 2.36 bits per heavy atom. The minimum Gasteiger partial charge on any atom is -0.490 e. The molecular weight excluding hydrogens is 380 g/mol. The Bertz CT molecular complexity index is 918. The van der Waals surface area contributed by atoms with E-state index < -0.39 is 10.0 Å². The number of ether oxygens (including phenoxy) is 2. The van der Waals surface area contributed by atoms with Crippen LogP contribution in [0.5, 0.6) is 5.75 Å². The molecule has 1 heterocycles. The number of sulfonamides is 1. The van der Waals surface area contributed by atoms with Gasteiger partial charge in [0.2, 0.25) is 10.0 Å². The molecule has 0 spiro atoms. The van der Waals surface area contributed by atoms with Gasteiger partial charge in [0.25, 0.3) is 5.91 Å². The fourth-order valence-corrected chi connectivity index (χ4v) is 4.12. The van der Waals surface area contributed by atoms with Crippen molar-refractivity contribution in [1.29, 1.82) is 0 Å². The van der Waals surface area contributed by atoms with E-state index in [2.05, 4.69) is 11.9 Å². The second-order valence-electron chi connectivity index (χ2n) is 6.12. The number of morpholine rings is 1. The number of carbonyl (C=O) groups is 1. The normalized spacial score (nSPS) is 15.0. The van der Waals surface area contributed by atoms with E-state index in [-0.39, 0.29) is 10.8 Å². The van der Waals surface area contributed by atoms with Gasteiger partial charge in [-0.3, -0.25) is 4.79 Å². The Balaban J connectivity index is 1.65. The molecule has 0 bridgehead atoms. The molecular formula is C20H22N2O5S. The van der Waals surface area contributed by atoms with Crippen molar-refractivity contribution in [3.8, 4) is 5.75 Å². The van der Waals surface area contributed by atoms with Gasteiger partial charge in [-0.15, -0.1) is 0 Å². The van der Waals surface area contributed by atoms with Crippen molar-refractivity contribution in [2.75, 3.05) is 38.2 Å². The molecule has 148 valence electrons. The van der Waals surface area contributed by atoms with Crippen LogP contribution in [0.1, 0.15) is 10.4 Å². The van der Waals surface area contributed by atoms with Gasteiger partial charge < -0.3 is 14.8 Å². The summed E-state index contributed by atoms with van der Waals surface area (Å²) < 4.78 is 37.2. The lowest BCUT2D eigenvalue weighted by Crippen LogP contribution is -2.40. The molecule has 0 saturated carbocycles. The fraction of sp³-hybridized carbons (Fsp3) is 0.250. The summed E-state index contributed by atoms with van der Waals surface area (Å²) in [6.07, 6.45) is 1.65. The van der Waals surface area contributed by atoms with Crippen LogP contribution in [0.3, 0.4) is 0 Å². The summed E-state index contributed by atoms with van der Waals surface area (Å²) in [6.45, 7) is 5.43. The number of carbonyl (C=O) groups excluding carboxylic acids is 1. The predicted molar refractivity (Wildman–Crippen MR) is 106 cm³/mol. The smallest absolute Gasteiger partial charge is 0.255 e. The predicted octanol–water partition coefficient (Wildman–Crippen LogP) is 2.52. The minimum absolute atomic E-state index is 0.162. The maximum atomic E-state index is 12.6. The van der Waals surface area contributed by atoms with Crippen molar-refractivity contribution in [1.82, 2.24) is 4.31 Å². The van der Waals surface area contributed by atoms with E-state index in [1.807, 2.05) is 0 Å². The first-order chi connectivity index (χ1) is 13.5. The Hall–Kier alpha value is -2.68. The van der Waals surface area contributed by atoms with Gasteiger partial charge in [0.1, 0.15) is 12.4 Å². The van der Waals surface area contributed by atoms with Gasteiger partial charge in [-0.05, 0) is 48.5 Å². The molecule has 7 nitrogen and oxygen atoms in total. The second kappa shape index (κ2) is 9.01. The highest BCUT2D eigenvalue weighted by atomic mass is 32.2. The topological polar surface area (TPSA) is 84.9 Å². The Morgan fingerprint density at radius 1 is 1.11 bits per heavy atom. The van der Waals surface area contributed by atoms with Gasteiger partial charge in [0.05, 0.1) is 18.1 Å². The van der Waals surface area contributed by atoms with Crippen LogP contribution in [0, 0.1) is 0 Å². The van der Waals surface area contributed by atoms with Crippen LogP contribution >= 0.6 is 0 Å². The van der Waals surface area contributed by atoms with E-state index in [0.717, 1.165) is 0 Å². The zero-order valence-electron chi connectivity index (χ0n) is 15.3. The molecule has 28 heavy (non-hydrogen) atoms. The van der Waals surface area contributed by atoms with E-state index in [9.17, 15) is 13.2 Å².